The van der Waals surface area contributed by atoms with Crippen molar-refractivity contribution >= 4 is 89.5 Å². The van der Waals surface area contributed by atoms with Crippen LogP contribution in [-0.2, 0) is 0 Å². The number of anilines is 6. The lowest BCUT2D eigenvalue weighted by molar-refractivity contribution is 0.488. The molecule has 56 heavy (non-hydrogen) atoms. The number of rotatable bonds is 7. The van der Waals surface area contributed by atoms with Gasteiger partial charge >= 0.3 is 0 Å². The molecule has 0 aliphatic carbocycles. The zero-order valence-electron chi connectivity index (χ0n) is 30.6. The smallest absolute Gasteiger partial charge is 0.251 e. The van der Waals surface area contributed by atoms with Gasteiger partial charge < -0.3 is 14.5 Å². The van der Waals surface area contributed by atoms with Crippen LogP contribution in [0.4, 0.5) is 34.1 Å². The highest BCUT2D eigenvalue weighted by Gasteiger charge is 2.35. The van der Waals surface area contributed by atoms with Crippen LogP contribution in [-0.4, -0.2) is 6.71 Å². The van der Waals surface area contributed by atoms with Crippen LogP contribution in [0.15, 0.2) is 212 Å². The molecule has 0 saturated carbocycles. The third kappa shape index (κ3) is 5.15. The molecule has 0 amide bonds. The largest absolute Gasteiger partial charge is 0.458 e. The van der Waals surface area contributed by atoms with Crippen LogP contribution < -0.4 is 30.9 Å². The fourth-order valence-electron chi connectivity index (χ4n) is 8.92. The van der Waals surface area contributed by atoms with Crippen molar-refractivity contribution in [2.45, 2.75) is 0 Å². The molecule has 0 atom stereocenters. The van der Waals surface area contributed by atoms with Crippen LogP contribution >= 0.6 is 0 Å². The average Bonchev–Trinajstić information content (AvgIpc) is 3.27. The number of hydrogen-bond donors (Lipinski definition) is 0. The Morgan fingerprint density at radius 1 is 0.357 bits per heavy atom. The molecule has 262 valence electrons. The first-order valence-electron chi connectivity index (χ1n) is 19.2. The molecule has 1 aliphatic rings. The summed E-state index contributed by atoms with van der Waals surface area (Å²) in [6.07, 6.45) is 0. The first-order chi connectivity index (χ1) is 27.8. The second-order valence-corrected chi connectivity index (χ2v) is 14.4. The molecule has 0 aromatic heterocycles. The van der Waals surface area contributed by atoms with E-state index in [1.165, 1.54) is 43.3 Å². The molecule has 1 heterocycles. The van der Waals surface area contributed by atoms with Crippen molar-refractivity contribution in [3.05, 3.63) is 212 Å². The summed E-state index contributed by atoms with van der Waals surface area (Å²) in [4.78, 5) is 4.82. The van der Waals surface area contributed by atoms with E-state index in [2.05, 4.69) is 222 Å². The summed E-state index contributed by atoms with van der Waals surface area (Å²) >= 11 is 0. The Hall–Kier alpha value is -7.30. The van der Waals surface area contributed by atoms with Gasteiger partial charge in [-0.3, -0.25) is 0 Å². The van der Waals surface area contributed by atoms with Crippen molar-refractivity contribution in [3.63, 3.8) is 0 Å². The summed E-state index contributed by atoms with van der Waals surface area (Å²) in [5.41, 5.74) is 10.2. The molecule has 0 N–H and O–H groups in total. The number of hydrogen-bond acceptors (Lipinski definition) is 3. The van der Waals surface area contributed by atoms with E-state index in [0.717, 1.165) is 51.0 Å². The van der Waals surface area contributed by atoms with Crippen LogP contribution in [0.1, 0.15) is 0 Å². The molecule has 11 rings (SSSR count). The van der Waals surface area contributed by atoms with E-state index in [9.17, 15) is 0 Å². The molecule has 0 spiro atoms. The van der Waals surface area contributed by atoms with Crippen molar-refractivity contribution < 1.29 is 4.74 Å². The number of para-hydroxylation sites is 5. The maximum atomic E-state index is 6.82. The van der Waals surface area contributed by atoms with Gasteiger partial charge in [0.05, 0.1) is 11.4 Å². The van der Waals surface area contributed by atoms with E-state index in [4.69, 9.17) is 4.74 Å². The quantitative estimate of drug-likeness (QED) is 0.121. The molecular weight excluding hydrogens is 679 g/mol. The van der Waals surface area contributed by atoms with Crippen LogP contribution in [0.2, 0.25) is 0 Å². The van der Waals surface area contributed by atoms with Gasteiger partial charge in [0.1, 0.15) is 11.5 Å². The standard InChI is InChI=1S/C52H35BN2O/c1-6-18-37(19-7-1)53-45-28-16-17-29-48(45)56-49-34-36-30-31-42-46(54(38-20-8-2-9-21-38)39-22-10-3-11-23-39)35-47(43-32-33-44(52(49)53)50(36)51(42)43)55(40-24-12-4-13-25-40)41-26-14-5-15-27-41/h1-35H. The Balaban J connectivity index is 1.29. The summed E-state index contributed by atoms with van der Waals surface area (Å²) in [5, 5.41) is 7.21. The third-order valence-corrected chi connectivity index (χ3v) is 11.3. The van der Waals surface area contributed by atoms with Crippen molar-refractivity contribution in [1.29, 1.82) is 0 Å². The zero-order valence-corrected chi connectivity index (χ0v) is 30.6. The van der Waals surface area contributed by atoms with Gasteiger partial charge in [-0.1, -0.05) is 151 Å². The van der Waals surface area contributed by atoms with Gasteiger partial charge in [-0.25, -0.2) is 0 Å². The SMILES string of the molecule is c1ccc(B2c3ccccc3Oc3cc4ccc5c(N(c6ccccc6)c6ccccc6)cc(N(c6ccccc6)c6ccccc6)c6ccc(c32)c4c56)cc1. The molecule has 1 aliphatic heterocycles. The Bertz CT molecular complexity index is 2810. The Morgan fingerprint density at radius 2 is 0.804 bits per heavy atom. The molecule has 3 nitrogen and oxygen atoms in total. The van der Waals surface area contributed by atoms with Gasteiger partial charge in [-0.15, -0.1) is 0 Å². The molecule has 0 fully saturated rings. The summed E-state index contributed by atoms with van der Waals surface area (Å²) in [6, 6.07) is 76.3. The second kappa shape index (κ2) is 13.2. The van der Waals surface area contributed by atoms with Crippen molar-refractivity contribution in [1.82, 2.24) is 0 Å². The predicted molar refractivity (Wildman–Crippen MR) is 237 cm³/mol. The average molecular weight is 715 g/mol. The van der Waals surface area contributed by atoms with Crippen molar-refractivity contribution in [3.8, 4) is 11.5 Å². The minimum absolute atomic E-state index is 0.00920. The molecule has 4 heteroatoms. The lowest BCUT2D eigenvalue weighted by Crippen LogP contribution is -2.55. The number of ether oxygens (including phenoxy) is 1. The van der Waals surface area contributed by atoms with E-state index in [1.54, 1.807) is 0 Å². The second-order valence-electron chi connectivity index (χ2n) is 14.4. The summed E-state index contributed by atoms with van der Waals surface area (Å²) in [6.45, 7) is 0.00920. The molecule has 0 unspecified atom stereocenters. The normalized spacial score (nSPS) is 12.0. The fraction of sp³-hybridized carbons (Fsp3) is 0. The Labute approximate surface area is 326 Å². The van der Waals surface area contributed by atoms with Crippen LogP contribution in [0.3, 0.4) is 0 Å². The number of nitrogens with zero attached hydrogens (tertiary/aromatic N) is 2. The van der Waals surface area contributed by atoms with Crippen molar-refractivity contribution in [2.75, 3.05) is 9.80 Å². The molecule has 10 aromatic carbocycles. The Kier molecular flexibility index (Phi) is 7.60. The van der Waals surface area contributed by atoms with Crippen LogP contribution in [0.5, 0.6) is 11.5 Å². The topological polar surface area (TPSA) is 15.7 Å². The van der Waals surface area contributed by atoms with E-state index in [0.29, 0.717) is 0 Å². The van der Waals surface area contributed by atoms with Crippen LogP contribution in [0.25, 0.3) is 32.3 Å². The minimum Gasteiger partial charge on any atom is -0.458 e. The first kappa shape index (κ1) is 32.2. The number of fused-ring (bicyclic) bond motifs is 3. The van der Waals surface area contributed by atoms with Gasteiger partial charge in [0.15, 0.2) is 0 Å². The summed E-state index contributed by atoms with van der Waals surface area (Å²) in [5.74, 6) is 1.82. The minimum atomic E-state index is 0.00920. The number of benzene rings is 10. The van der Waals surface area contributed by atoms with E-state index in [-0.39, 0.29) is 6.71 Å². The van der Waals surface area contributed by atoms with Crippen molar-refractivity contribution in [2.24, 2.45) is 0 Å². The summed E-state index contributed by atoms with van der Waals surface area (Å²) in [7, 11) is 0. The fourth-order valence-corrected chi connectivity index (χ4v) is 8.92. The molecule has 0 radical (unpaired) electrons. The lowest BCUT2D eigenvalue weighted by Gasteiger charge is -2.33. The maximum absolute atomic E-state index is 6.82. The zero-order chi connectivity index (χ0) is 37.0. The van der Waals surface area contributed by atoms with E-state index >= 15 is 0 Å². The highest BCUT2D eigenvalue weighted by atomic mass is 16.5. The lowest BCUT2D eigenvalue weighted by atomic mass is 9.35. The molecule has 10 aromatic rings. The highest BCUT2D eigenvalue weighted by Crippen LogP contribution is 2.50. The summed E-state index contributed by atoms with van der Waals surface area (Å²) < 4.78 is 6.82. The van der Waals surface area contributed by atoms with Gasteiger partial charge in [0.2, 0.25) is 0 Å². The van der Waals surface area contributed by atoms with Gasteiger partial charge in [0, 0.05) is 38.9 Å². The van der Waals surface area contributed by atoms with E-state index in [1.807, 2.05) is 0 Å². The Morgan fingerprint density at radius 3 is 1.34 bits per heavy atom. The maximum Gasteiger partial charge on any atom is 0.251 e. The monoisotopic (exact) mass is 714 g/mol. The predicted octanol–water partition coefficient (Wildman–Crippen LogP) is 12.1. The molecule has 0 bridgehead atoms. The van der Waals surface area contributed by atoms with Gasteiger partial charge in [-0.2, -0.15) is 0 Å². The highest BCUT2D eigenvalue weighted by molar-refractivity contribution is 6.98. The third-order valence-electron chi connectivity index (χ3n) is 11.3. The van der Waals surface area contributed by atoms with E-state index < -0.39 is 0 Å². The first-order valence-corrected chi connectivity index (χ1v) is 19.2. The van der Waals surface area contributed by atoms with Crippen LogP contribution in [0, 0.1) is 0 Å². The van der Waals surface area contributed by atoms with Gasteiger partial charge in [-0.05, 0) is 93.8 Å². The molecule has 0 saturated heterocycles. The van der Waals surface area contributed by atoms with Gasteiger partial charge in [0.25, 0.3) is 6.71 Å². The molecular formula is C52H35BN2O.